The molecule has 2 aromatic rings. The molecule has 1 aromatic carbocycles. The standard InChI is InChI=1S/C32H41N3O4/c1-18-3-8-24(36)15-27(18)32-9-10-34(17-20-4-5-20)19(2)28(32)12-21-11-26(30(38)33-29(21)16-32)31(39)35-22-6-7-23(35)14-25(37)13-22/h3,8,11,15,19-20,22-23,25,28,36-37H,4-7,9-10,12-14,16-17H2,1-2H3,(H,33,38)/t19-,22-,23+,25?,28+,32-/m1/s1. The molecule has 0 spiro atoms. The van der Waals surface area contributed by atoms with Crippen molar-refractivity contribution in [2.45, 2.75) is 101 Å². The molecule has 7 heteroatoms. The zero-order valence-electron chi connectivity index (χ0n) is 23.2. The summed E-state index contributed by atoms with van der Waals surface area (Å²) < 4.78 is 0. The van der Waals surface area contributed by atoms with Gasteiger partial charge in [0.15, 0.2) is 0 Å². The molecular formula is C32H41N3O4. The maximum atomic E-state index is 13.8. The lowest BCUT2D eigenvalue weighted by atomic mass is 9.55. The van der Waals surface area contributed by atoms with E-state index in [-0.39, 0.29) is 40.6 Å². The summed E-state index contributed by atoms with van der Waals surface area (Å²) in [5.74, 6) is 1.25. The predicted molar refractivity (Wildman–Crippen MR) is 149 cm³/mol. The van der Waals surface area contributed by atoms with E-state index in [9.17, 15) is 19.8 Å². The Balaban J connectivity index is 1.27. The van der Waals surface area contributed by atoms with Crippen molar-refractivity contribution in [1.29, 1.82) is 0 Å². The van der Waals surface area contributed by atoms with Crippen LogP contribution in [-0.2, 0) is 18.3 Å². The Bertz CT molecular complexity index is 1350. The van der Waals surface area contributed by atoms with Crippen LogP contribution in [0.4, 0.5) is 0 Å². The number of carbonyl (C=O) groups is 1. The number of hydrogen-bond donors (Lipinski definition) is 3. The number of likely N-dealkylation sites (tertiary alicyclic amines) is 1. The number of amides is 1. The number of carbonyl (C=O) groups excluding carboxylic acids is 1. The Morgan fingerprint density at radius 3 is 2.59 bits per heavy atom. The minimum Gasteiger partial charge on any atom is -0.508 e. The number of aliphatic hydroxyl groups is 1. The number of nitrogens with one attached hydrogen (secondary N) is 1. The summed E-state index contributed by atoms with van der Waals surface area (Å²) in [6.45, 7) is 6.66. The number of aliphatic hydroxyl groups excluding tert-OH is 1. The van der Waals surface area contributed by atoms with Crippen LogP contribution in [0.2, 0.25) is 0 Å². The van der Waals surface area contributed by atoms with Crippen LogP contribution in [0.3, 0.4) is 0 Å². The second-order valence-electron chi connectivity index (χ2n) is 13.3. The molecule has 4 heterocycles. The number of aryl methyl sites for hydroxylation is 1. The highest BCUT2D eigenvalue weighted by Gasteiger charge is 2.52. The van der Waals surface area contributed by atoms with E-state index in [1.54, 1.807) is 6.07 Å². The van der Waals surface area contributed by atoms with E-state index in [2.05, 4.69) is 23.7 Å². The number of H-pyrrole nitrogens is 1. The first-order valence-corrected chi connectivity index (χ1v) is 15.0. The normalized spacial score (nSPS) is 34.0. The fraction of sp³-hybridized carbons (Fsp3) is 0.625. The van der Waals surface area contributed by atoms with Gasteiger partial charge in [-0.05, 0) is 125 Å². The van der Waals surface area contributed by atoms with Gasteiger partial charge in [0, 0.05) is 35.8 Å². The van der Waals surface area contributed by atoms with Crippen LogP contribution in [0.25, 0.3) is 0 Å². The summed E-state index contributed by atoms with van der Waals surface area (Å²) >= 11 is 0. The number of pyridine rings is 1. The maximum Gasteiger partial charge on any atom is 0.261 e. The SMILES string of the molecule is Cc1ccc(O)cc1[C@]12CCN(CC3CC3)[C@H](C)[C@@H]1Cc1cc(C(=O)N3[C@@H]4CC[C@H]3CC(O)C4)c(=O)[nH]c1C2. The van der Waals surface area contributed by atoms with Crippen LogP contribution in [0, 0.1) is 18.8 Å². The zero-order chi connectivity index (χ0) is 27.1. The number of hydrogen-bond acceptors (Lipinski definition) is 5. The van der Waals surface area contributed by atoms with E-state index < -0.39 is 0 Å². The monoisotopic (exact) mass is 531 g/mol. The number of nitrogens with zero attached hydrogens (tertiary/aromatic N) is 2. The average molecular weight is 532 g/mol. The van der Waals surface area contributed by atoms with E-state index in [4.69, 9.17) is 0 Å². The summed E-state index contributed by atoms with van der Waals surface area (Å²) in [6.07, 6.45) is 7.82. The van der Waals surface area contributed by atoms with Gasteiger partial charge in [-0.15, -0.1) is 0 Å². The van der Waals surface area contributed by atoms with Gasteiger partial charge < -0.3 is 25.0 Å². The molecule has 3 saturated heterocycles. The first-order chi connectivity index (χ1) is 18.7. The molecule has 3 N–H and O–H groups in total. The largest absolute Gasteiger partial charge is 0.508 e. The van der Waals surface area contributed by atoms with Gasteiger partial charge in [-0.1, -0.05) is 6.07 Å². The molecule has 6 atom stereocenters. The minimum absolute atomic E-state index is 0.0254. The molecule has 1 saturated carbocycles. The third-order valence-electron chi connectivity index (χ3n) is 11.0. The fourth-order valence-electron chi connectivity index (χ4n) is 8.78. The lowest BCUT2D eigenvalue weighted by Gasteiger charge is -2.55. The van der Waals surface area contributed by atoms with Gasteiger partial charge in [0.1, 0.15) is 11.3 Å². The highest BCUT2D eigenvalue weighted by molar-refractivity contribution is 5.95. The quantitative estimate of drug-likeness (QED) is 0.560. The number of benzene rings is 1. The van der Waals surface area contributed by atoms with Crippen molar-refractivity contribution in [3.05, 3.63) is 62.6 Å². The van der Waals surface area contributed by atoms with Crippen LogP contribution in [-0.4, -0.2) is 68.2 Å². The van der Waals surface area contributed by atoms with Gasteiger partial charge >= 0.3 is 0 Å². The highest BCUT2D eigenvalue weighted by atomic mass is 16.3. The maximum absolute atomic E-state index is 13.8. The smallest absolute Gasteiger partial charge is 0.261 e. The van der Waals surface area contributed by atoms with Crippen LogP contribution in [0.15, 0.2) is 29.1 Å². The molecular weight excluding hydrogens is 490 g/mol. The van der Waals surface area contributed by atoms with E-state index >= 15 is 0 Å². The molecule has 39 heavy (non-hydrogen) atoms. The summed E-state index contributed by atoms with van der Waals surface area (Å²) in [7, 11) is 0. The first kappa shape index (κ1) is 25.3. The molecule has 208 valence electrons. The van der Waals surface area contributed by atoms with E-state index in [1.807, 2.05) is 23.1 Å². The Kier molecular flexibility index (Phi) is 5.98. The molecule has 2 bridgehead atoms. The predicted octanol–water partition coefficient (Wildman–Crippen LogP) is 3.67. The van der Waals surface area contributed by atoms with Gasteiger partial charge in [0.05, 0.1) is 6.10 Å². The second-order valence-corrected chi connectivity index (χ2v) is 13.3. The first-order valence-electron chi connectivity index (χ1n) is 15.0. The number of piperidine rings is 2. The topological polar surface area (TPSA) is 96.9 Å². The van der Waals surface area contributed by atoms with Gasteiger partial charge in [0.25, 0.3) is 11.5 Å². The number of aromatic hydroxyl groups is 1. The third kappa shape index (κ3) is 4.15. The van der Waals surface area contributed by atoms with Crippen LogP contribution in [0.5, 0.6) is 5.75 Å². The van der Waals surface area contributed by atoms with Crippen LogP contribution in [0.1, 0.15) is 84.6 Å². The lowest BCUT2D eigenvalue weighted by molar-refractivity contribution is 0.0243. The van der Waals surface area contributed by atoms with Gasteiger partial charge in [-0.3, -0.25) is 9.59 Å². The lowest BCUT2D eigenvalue weighted by Crippen LogP contribution is -2.59. The van der Waals surface area contributed by atoms with Crippen LogP contribution < -0.4 is 5.56 Å². The number of rotatable bonds is 4. The van der Waals surface area contributed by atoms with Gasteiger partial charge in [-0.25, -0.2) is 0 Å². The fourth-order valence-corrected chi connectivity index (χ4v) is 8.78. The number of aromatic amines is 1. The van der Waals surface area contributed by atoms with Crippen molar-refractivity contribution in [2.75, 3.05) is 13.1 Å². The average Bonchev–Trinajstić information content (AvgIpc) is 3.68. The number of fused-ring (bicyclic) bond motifs is 4. The van der Waals surface area contributed by atoms with Gasteiger partial charge in [0.2, 0.25) is 0 Å². The molecule has 1 amide bonds. The molecule has 0 radical (unpaired) electrons. The Morgan fingerprint density at radius 1 is 1.13 bits per heavy atom. The van der Waals surface area contributed by atoms with Crippen molar-refractivity contribution in [2.24, 2.45) is 11.8 Å². The van der Waals surface area contributed by atoms with E-state index in [0.717, 1.165) is 55.9 Å². The number of aromatic nitrogens is 1. The van der Waals surface area contributed by atoms with Crippen LogP contribution >= 0.6 is 0 Å². The molecule has 2 aliphatic carbocycles. The van der Waals surface area contributed by atoms with Crippen molar-refractivity contribution >= 4 is 5.91 Å². The van der Waals surface area contributed by atoms with Gasteiger partial charge in [-0.2, -0.15) is 0 Å². The molecule has 1 aromatic heterocycles. The molecule has 3 aliphatic heterocycles. The van der Waals surface area contributed by atoms with E-state index in [0.29, 0.717) is 37.0 Å². The summed E-state index contributed by atoms with van der Waals surface area (Å²) in [5, 5.41) is 20.7. The van der Waals surface area contributed by atoms with E-state index in [1.165, 1.54) is 24.0 Å². The van der Waals surface area contributed by atoms with Crippen molar-refractivity contribution < 1.29 is 15.0 Å². The number of phenolic OH excluding ortho intramolecular Hbond substituents is 1. The van der Waals surface area contributed by atoms with Crippen molar-refractivity contribution in [1.82, 2.24) is 14.8 Å². The molecule has 5 aliphatic rings. The molecule has 7 rings (SSSR count). The van der Waals surface area contributed by atoms with Crippen molar-refractivity contribution in [3.63, 3.8) is 0 Å². The summed E-state index contributed by atoms with van der Waals surface area (Å²) in [4.78, 5) is 34.9. The number of phenols is 1. The highest BCUT2D eigenvalue weighted by Crippen LogP contribution is 2.51. The molecule has 7 nitrogen and oxygen atoms in total. The Hall–Kier alpha value is -2.64. The molecule has 1 unspecified atom stereocenters. The zero-order valence-corrected chi connectivity index (χ0v) is 23.2. The molecule has 4 fully saturated rings. The second kappa shape index (κ2) is 9.20. The van der Waals surface area contributed by atoms with Crippen molar-refractivity contribution in [3.8, 4) is 5.75 Å². The summed E-state index contributed by atoms with van der Waals surface area (Å²) in [5.41, 5.74) is 4.18. The Morgan fingerprint density at radius 2 is 1.87 bits per heavy atom. The third-order valence-corrected chi connectivity index (χ3v) is 11.0. The minimum atomic E-state index is -0.353. The summed E-state index contributed by atoms with van der Waals surface area (Å²) in [6, 6.07) is 8.04. The Labute approximate surface area is 230 Å².